The van der Waals surface area contributed by atoms with Gasteiger partial charge in [-0.15, -0.1) is 0 Å². The van der Waals surface area contributed by atoms with Crippen LogP contribution in [-0.4, -0.2) is 42.5 Å². The molecule has 30 heavy (non-hydrogen) atoms. The van der Waals surface area contributed by atoms with Crippen molar-refractivity contribution in [3.63, 3.8) is 0 Å². The number of rotatable bonds is 5. The number of benzene rings is 2. The molecule has 1 saturated heterocycles. The van der Waals surface area contributed by atoms with Crippen molar-refractivity contribution in [2.75, 3.05) is 25.1 Å². The van der Waals surface area contributed by atoms with E-state index in [9.17, 15) is 14.4 Å². The topological polar surface area (TPSA) is 97.0 Å². The molecule has 8 nitrogen and oxygen atoms in total. The lowest BCUT2D eigenvalue weighted by atomic mass is 9.91. The van der Waals surface area contributed by atoms with Crippen molar-refractivity contribution in [3.05, 3.63) is 53.6 Å². The fourth-order valence-corrected chi connectivity index (χ4v) is 3.56. The van der Waals surface area contributed by atoms with E-state index < -0.39 is 23.4 Å². The summed E-state index contributed by atoms with van der Waals surface area (Å²) in [7, 11) is 0. The molecule has 0 unspecified atom stereocenters. The van der Waals surface area contributed by atoms with Gasteiger partial charge in [-0.1, -0.05) is 25.1 Å². The average molecular weight is 409 g/mol. The summed E-state index contributed by atoms with van der Waals surface area (Å²) in [5.74, 6) is 0.166. The zero-order chi connectivity index (χ0) is 21.3. The van der Waals surface area contributed by atoms with Crippen molar-refractivity contribution in [2.24, 2.45) is 0 Å². The first-order valence-electron chi connectivity index (χ1n) is 9.84. The lowest BCUT2D eigenvalue weighted by Crippen LogP contribution is -2.42. The van der Waals surface area contributed by atoms with E-state index in [4.69, 9.17) is 9.47 Å². The molecular weight excluding hydrogens is 386 g/mol. The van der Waals surface area contributed by atoms with Gasteiger partial charge >= 0.3 is 6.03 Å². The van der Waals surface area contributed by atoms with Gasteiger partial charge in [0.05, 0.1) is 0 Å². The molecule has 4 amide bonds. The maximum Gasteiger partial charge on any atom is 0.325 e. The number of urea groups is 1. The SMILES string of the molecule is CCc1ccc(NC(=O)CN2C(=O)N[C@@](C)(c3ccc4c(c3)OCCO4)C2=O)cc1. The third kappa shape index (κ3) is 3.56. The molecule has 0 saturated carbocycles. The van der Waals surface area contributed by atoms with Crippen LogP contribution in [0.2, 0.25) is 0 Å². The lowest BCUT2D eigenvalue weighted by Gasteiger charge is -2.25. The van der Waals surface area contributed by atoms with Crippen molar-refractivity contribution in [1.29, 1.82) is 0 Å². The Bertz CT molecular complexity index is 1000. The summed E-state index contributed by atoms with van der Waals surface area (Å²) < 4.78 is 11.1. The third-order valence-electron chi connectivity index (χ3n) is 5.34. The van der Waals surface area contributed by atoms with Gasteiger partial charge in [0.1, 0.15) is 25.3 Å². The van der Waals surface area contributed by atoms with Gasteiger partial charge in [-0.3, -0.25) is 14.5 Å². The molecule has 156 valence electrons. The second-order valence-corrected chi connectivity index (χ2v) is 7.40. The van der Waals surface area contributed by atoms with E-state index in [1.165, 1.54) is 0 Å². The molecule has 8 heteroatoms. The maximum atomic E-state index is 13.1. The highest BCUT2D eigenvalue weighted by molar-refractivity contribution is 6.10. The van der Waals surface area contributed by atoms with E-state index in [0.29, 0.717) is 36.0 Å². The third-order valence-corrected chi connectivity index (χ3v) is 5.34. The normalized spacial score (nSPS) is 20.1. The number of carbonyl (C=O) groups is 3. The molecule has 4 rings (SSSR count). The van der Waals surface area contributed by atoms with Crippen molar-refractivity contribution < 1.29 is 23.9 Å². The minimum atomic E-state index is -1.30. The van der Waals surface area contributed by atoms with E-state index >= 15 is 0 Å². The molecule has 0 spiro atoms. The van der Waals surface area contributed by atoms with Crippen LogP contribution in [0.15, 0.2) is 42.5 Å². The van der Waals surface area contributed by atoms with Crippen LogP contribution >= 0.6 is 0 Å². The highest BCUT2D eigenvalue weighted by Crippen LogP contribution is 2.36. The first kappa shape index (κ1) is 19.8. The summed E-state index contributed by atoms with van der Waals surface area (Å²) in [6.45, 7) is 4.16. The Morgan fingerprint density at radius 1 is 1.10 bits per heavy atom. The fraction of sp³-hybridized carbons (Fsp3) is 0.318. The predicted molar refractivity (Wildman–Crippen MR) is 109 cm³/mol. The van der Waals surface area contributed by atoms with E-state index in [1.807, 2.05) is 19.1 Å². The van der Waals surface area contributed by atoms with E-state index in [-0.39, 0.29) is 6.54 Å². The van der Waals surface area contributed by atoms with Crippen molar-refractivity contribution in [2.45, 2.75) is 25.8 Å². The Balaban J connectivity index is 1.48. The van der Waals surface area contributed by atoms with Crippen LogP contribution in [0.4, 0.5) is 10.5 Å². The summed E-state index contributed by atoms with van der Waals surface area (Å²) in [5.41, 5.74) is 1.02. The highest BCUT2D eigenvalue weighted by Gasteiger charge is 2.49. The summed E-state index contributed by atoms with van der Waals surface area (Å²) in [4.78, 5) is 38.9. The number of fused-ring (bicyclic) bond motifs is 1. The number of hydrogen-bond donors (Lipinski definition) is 2. The standard InChI is InChI=1S/C22H23N3O5/c1-3-14-4-7-16(8-5-14)23-19(26)13-25-20(27)22(2,24-21(25)28)15-6-9-17-18(12-15)30-11-10-29-17/h4-9,12H,3,10-11,13H2,1-2H3,(H,23,26)(H,24,28)/t22-/m0/s1. The van der Waals surface area contributed by atoms with Gasteiger partial charge in [0.2, 0.25) is 5.91 Å². The van der Waals surface area contributed by atoms with E-state index in [0.717, 1.165) is 16.9 Å². The number of ether oxygens (including phenoxy) is 2. The van der Waals surface area contributed by atoms with Gasteiger partial charge < -0.3 is 20.1 Å². The number of nitrogens with zero attached hydrogens (tertiary/aromatic N) is 1. The predicted octanol–water partition coefficient (Wildman–Crippen LogP) is 2.43. The monoisotopic (exact) mass is 409 g/mol. The summed E-state index contributed by atoms with van der Waals surface area (Å²) >= 11 is 0. The van der Waals surface area contributed by atoms with Crippen LogP contribution in [0.5, 0.6) is 11.5 Å². The van der Waals surface area contributed by atoms with Gasteiger partial charge in [0, 0.05) is 5.69 Å². The molecule has 0 aromatic heterocycles. The zero-order valence-electron chi connectivity index (χ0n) is 16.9. The highest BCUT2D eigenvalue weighted by atomic mass is 16.6. The average Bonchev–Trinajstić information content (AvgIpc) is 2.98. The number of aryl methyl sites for hydroxylation is 1. The number of anilines is 1. The molecule has 0 radical (unpaired) electrons. The van der Waals surface area contributed by atoms with E-state index in [1.54, 1.807) is 37.3 Å². The van der Waals surface area contributed by atoms with Gasteiger partial charge in [-0.2, -0.15) is 0 Å². The molecule has 1 atom stereocenters. The second kappa shape index (κ2) is 7.70. The smallest absolute Gasteiger partial charge is 0.325 e. The first-order chi connectivity index (χ1) is 14.4. The number of imide groups is 1. The van der Waals surface area contributed by atoms with Crippen LogP contribution in [0.3, 0.4) is 0 Å². The molecule has 2 aromatic rings. The Morgan fingerprint density at radius 2 is 1.80 bits per heavy atom. The first-order valence-corrected chi connectivity index (χ1v) is 9.84. The van der Waals surface area contributed by atoms with Gasteiger partial charge in [0.25, 0.3) is 5.91 Å². The Morgan fingerprint density at radius 3 is 2.50 bits per heavy atom. The molecule has 2 aromatic carbocycles. The van der Waals surface area contributed by atoms with Gasteiger partial charge in [-0.05, 0) is 48.7 Å². The minimum Gasteiger partial charge on any atom is -0.486 e. The van der Waals surface area contributed by atoms with Crippen LogP contribution in [-0.2, 0) is 21.5 Å². The van der Waals surface area contributed by atoms with E-state index in [2.05, 4.69) is 10.6 Å². The molecular formula is C22H23N3O5. The Labute approximate surface area is 174 Å². The molecule has 2 aliphatic heterocycles. The summed E-state index contributed by atoms with van der Waals surface area (Å²) in [6, 6.07) is 11.9. The maximum absolute atomic E-state index is 13.1. The molecule has 2 heterocycles. The van der Waals surface area contributed by atoms with Gasteiger partial charge in [0.15, 0.2) is 11.5 Å². The minimum absolute atomic E-state index is 0.375. The van der Waals surface area contributed by atoms with Crippen molar-refractivity contribution in [1.82, 2.24) is 10.2 Å². The summed E-state index contributed by atoms with van der Waals surface area (Å²) in [5, 5.41) is 5.42. The fourth-order valence-electron chi connectivity index (χ4n) is 3.56. The molecule has 0 bridgehead atoms. The lowest BCUT2D eigenvalue weighted by molar-refractivity contribution is -0.133. The Kier molecular flexibility index (Phi) is 5.07. The van der Waals surface area contributed by atoms with Gasteiger partial charge in [-0.25, -0.2) is 4.79 Å². The number of nitrogens with one attached hydrogen (secondary N) is 2. The molecule has 2 aliphatic rings. The van der Waals surface area contributed by atoms with Crippen molar-refractivity contribution in [3.8, 4) is 11.5 Å². The van der Waals surface area contributed by atoms with Crippen LogP contribution in [0, 0.1) is 0 Å². The molecule has 0 aliphatic carbocycles. The quantitative estimate of drug-likeness (QED) is 0.740. The molecule has 1 fully saturated rings. The number of hydrogen-bond acceptors (Lipinski definition) is 5. The second-order valence-electron chi connectivity index (χ2n) is 7.40. The largest absolute Gasteiger partial charge is 0.486 e. The number of amides is 4. The number of carbonyl (C=O) groups excluding carboxylic acids is 3. The Hall–Kier alpha value is -3.55. The van der Waals surface area contributed by atoms with Crippen LogP contribution in [0.25, 0.3) is 0 Å². The van der Waals surface area contributed by atoms with Crippen LogP contribution < -0.4 is 20.1 Å². The van der Waals surface area contributed by atoms with Crippen LogP contribution in [0.1, 0.15) is 25.0 Å². The van der Waals surface area contributed by atoms with Crippen molar-refractivity contribution >= 4 is 23.5 Å². The zero-order valence-corrected chi connectivity index (χ0v) is 16.9. The summed E-state index contributed by atoms with van der Waals surface area (Å²) in [6.07, 6.45) is 0.898. The molecule has 2 N–H and O–H groups in total.